The largest absolute Gasteiger partial charge is 0.388 e. The van der Waals surface area contributed by atoms with Crippen molar-refractivity contribution in [1.29, 1.82) is 0 Å². The second kappa shape index (κ2) is 15.3. The minimum absolute atomic E-state index is 0.180. The van der Waals surface area contributed by atoms with Crippen LogP contribution in [0.25, 0.3) is 0 Å². The number of aliphatic hydroxyl groups excluding tert-OH is 1. The fourth-order valence-electron chi connectivity index (χ4n) is 4.58. The Bertz CT molecular complexity index is 521. The van der Waals surface area contributed by atoms with Crippen LogP contribution in [0.5, 0.6) is 0 Å². The van der Waals surface area contributed by atoms with Crippen molar-refractivity contribution in [1.82, 2.24) is 0 Å². The van der Waals surface area contributed by atoms with E-state index in [2.05, 4.69) is 18.8 Å². The van der Waals surface area contributed by atoms with E-state index in [1.807, 2.05) is 13.8 Å². The van der Waals surface area contributed by atoms with E-state index < -0.39 is 11.9 Å². The summed E-state index contributed by atoms with van der Waals surface area (Å²) < 4.78 is 17.3. The zero-order valence-electron chi connectivity index (χ0n) is 20.5. The van der Waals surface area contributed by atoms with E-state index in [1.165, 1.54) is 89.9 Å². The minimum Gasteiger partial charge on any atom is -0.388 e. The maximum atomic E-state index is 10.5. The number of hydrogen-bond donors (Lipinski definition) is 1. The maximum absolute atomic E-state index is 10.5. The quantitative estimate of drug-likeness (QED) is 0.234. The monoisotopic (exact) mass is 436 g/mol. The molecule has 0 aliphatic carbocycles. The Kier molecular flexibility index (Phi) is 13.1. The fraction of sp³-hybridized carbons (Fsp3) is 0.926. The summed E-state index contributed by atoms with van der Waals surface area (Å²) in [5.41, 5.74) is 0. The molecule has 2 heterocycles. The van der Waals surface area contributed by atoms with Crippen LogP contribution in [0.2, 0.25) is 0 Å². The second-order valence-electron chi connectivity index (χ2n) is 9.90. The molecular weight excluding hydrogens is 388 g/mol. The first-order valence-corrected chi connectivity index (χ1v) is 13.1. The van der Waals surface area contributed by atoms with Crippen molar-refractivity contribution in [2.75, 3.05) is 6.61 Å². The zero-order valence-corrected chi connectivity index (χ0v) is 20.5. The van der Waals surface area contributed by atoms with Gasteiger partial charge >= 0.3 is 0 Å². The van der Waals surface area contributed by atoms with E-state index in [1.54, 1.807) is 0 Å². The van der Waals surface area contributed by atoms with Crippen LogP contribution in [-0.2, 0) is 14.2 Å². The summed E-state index contributed by atoms with van der Waals surface area (Å²) in [5, 5.41) is 10.5. The van der Waals surface area contributed by atoms with Crippen LogP contribution in [-0.4, -0.2) is 41.9 Å². The third-order valence-electron chi connectivity index (χ3n) is 6.53. The zero-order chi connectivity index (χ0) is 22.4. The molecule has 180 valence electrons. The van der Waals surface area contributed by atoms with Crippen LogP contribution in [0.3, 0.4) is 0 Å². The van der Waals surface area contributed by atoms with Gasteiger partial charge in [0.15, 0.2) is 5.79 Å². The van der Waals surface area contributed by atoms with E-state index in [-0.39, 0.29) is 18.3 Å². The highest BCUT2D eigenvalue weighted by molar-refractivity contribution is 5.05. The van der Waals surface area contributed by atoms with Gasteiger partial charge in [-0.3, -0.25) is 0 Å². The molecule has 1 N–H and O–H groups in total. The van der Waals surface area contributed by atoms with Gasteiger partial charge in [0, 0.05) is 12.8 Å². The first-order chi connectivity index (χ1) is 15.0. The third-order valence-corrected chi connectivity index (χ3v) is 6.53. The Labute approximate surface area is 191 Å². The lowest BCUT2D eigenvalue weighted by Crippen LogP contribution is -2.50. The highest BCUT2D eigenvalue weighted by Crippen LogP contribution is 2.34. The van der Waals surface area contributed by atoms with E-state index >= 15 is 0 Å². The molecule has 2 fully saturated rings. The molecule has 2 aliphatic rings. The van der Waals surface area contributed by atoms with Crippen molar-refractivity contribution in [3.63, 3.8) is 0 Å². The molecule has 0 aromatic carbocycles. The van der Waals surface area contributed by atoms with Gasteiger partial charge < -0.3 is 19.3 Å². The van der Waals surface area contributed by atoms with Crippen molar-refractivity contribution in [2.24, 2.45) is 0 Å². The molecule has 31 heavy (non-hydrogen) atoms. The lowest BCUT2D eigenvalue weighted by atomic mass is 10.0. The van der Waals surface area contributed by atoms with Gasteiger partial charge in [0.05, 0.1) is 12.7 Å². The Morgan fingerprint density at radius 2 is 1.35 bits per heavy atom. The number of ether oxygens (including phenoxy) is 3. The molecule has 2 saturated heterocycles. The molecular formula is C27H48O4. The molecule has 0 amide bonds. The number of fused-ring (bicyclic) bond motifs is 1. The molecule has 0 spiro atoms. The molecule has 0 unspecified atom stereocenters. The molecule has 0 aromatic heterocycles. The first-order valence-electron chi connectivity index (χ1n) is 13.1. The predicted molar refractivity (Wildman–Crippen MR) is 127 cm³/mol. The van der Waals surface area contributed by atoms with E-state index in [4.69, 9.17) is 14.2 Å². The van der Waals surface area contributed by atoms with Crippen molar-refractivity contribution < 1.29 is 19.3 Å². The number of rotatable bonds is 15. The predicted octanol–water partition coefficient (Wildman–Crippen LogP) is 6.53. The summed E-state index contributed by atoms with van der Waals surface area (Å²) in [7, 11) is 0. The average Bonchev–Trinajstić information content (AvgIpc) is 3.04. The normalized spacial score (nSPS) is 27.0. The van der Waals surface area contributed by atoms with Crippen LogP contribution in [0.4, 0.5) is 0 Å². The Morgan fingerprint density at radius 3 is 1.94 bits per heavy atom. The van der Waals surface area contributed by atoms with E-state index in [9.17, 15) is 5.11 Å². The summed E-state index contributed by atoms with van der Waals surface area (Å²) >= 11 is 0. The highest BCUT2D eigenvalue weighted by atomic mass is 16.7. The topological polar surface area (TPSA) is 47.9 Å². The third kappa shape index (κ3) is 10.7. The molecule has 0 saturated carbocycles. The van der Waals surface area contributed by atoms with Gasteiger partial charge in [-0.25, -0.2) is 0 Å². The van der Waals surface area contributed by atoms with Gasteiger partial charge in [-0.2, -0.15) is 0 Å². The lowest BCUT2D eigenvalue weighted by molar-refractivity contribution is -0.300. The molecule has 4 nitrogen and oxygen atoms in total. The van der Waals surface area contributed by atoms with Crippen molar-refractivity contribution in [3.8, 4) is 11.8 Å². The number of aliphatic hydroxyl groups is 1. The average molecular weight is 437 g/mol. The molecule has 0 bridgehead atoms. The Hall–Kier alpha value is -0.600. The summed E-state index contributed by atoms with van der Waals surface area (Å²) in [5.74, 6) is 5.81. The van der Waals surface area contributed by atoms with Gasteiger partial charge in [-0.1, -0.05) is 90.4 Å². The van der Waals surface area contributed by atoms with Crippen LogP contribution >= 0.6 is 0 Å². The molecule has 2 rings (SSSR count). The van der Waals surface area contributed by atoms with Crippen LogP contribution in [0.1, 0.15) is 124 Å². The van der Waals surface area contributed by atoms with Gasteiger partial charge in [0.2, 0.25) is 0 Å². The summed E-state index contributed by atoms with van der Waals surface area (Å²) in [6.07, 6.45) is 19.4. The molecule has 2 aliphatic heterocycles. The van der Waals surface area contributed by atoms with Crippen LogP contribution in [0.15, 0.2) is 0 Å². The molecule has 4 heteroatoms. The SMILES string of the molecule is CCCCCCCCCCCCCCCCC#CC[C@@H]1O[C@H]2COC(C)(C)O[C@H]2[C@@H]1O. The van der Waals surface area contributed by atoms with E-state index in [0.717, 1.165) is 6.42 Å². The molecule has 0 aromatic rings. The van der Waals surface area contributed by atoms with E-state index in [0.29, 0.717) is 13.0 Å². The van der Waals surface area contributed by atoms with Crippen molar-refractivity contribution in [2.45, 2.75) is 154 Å². The van der Waals surface area contributed by atoms with Gasteiger partial charge in [-0.05, 0) is 20.3 Å². The first kappa shape index (κ1) is 26.7. The summed E-state index contributed by atoms with van der Waals surface area (Å²) in [4.78, 5) is 0. The lowest BCUT2D eigenvalue weighted by Gasteiger charge is -2.37. The Morgan fingerprint density at radius 1 is 0.806 bits per heavy atom. The van der Waals surface area contributed by atoms with Crippen LogP contribution in [0, 0.1) is 11.8 Å². The van der Waals surface area contributed by atoms with Gasteiger partial charge in [-0.15, -0.1) is 11.8 Å². The summed E-state index contributed by atoms with van der Waals surface area (Å²) in [6.45, 7) is 6.50. The summed E-state index contributed by atoms with van der Waals surface area (Å²) in [6, 6.07) is 0. The minimum atomic E-state index is -0.653. The molecule has 0 radical (unpaired) electrons. The number of hydrogen-bond acceptors (Lipinski definition) is 4. The van der Waals surface area contributed by atoms with Gasteiger partial charge in [0.1, 0.15) is 18.3 Å². The van der Waals surface area contributed by atoms with Crippen molar-refractivity contribution >= 4 is 0 Å². The highest BCUT2D eigenvalue weighted by Gasteiger charge is 2.49. The number of unbranched alkanes of at least 4 members (excludes halogenated alkanes) is 14. The van der Waals surface area contributed by atoms with Gasteiger partial charge in [0.25, 0.3) is 0 Å². The van der Waals surface area contributed by atoms with Crippen molar-refractivity contribution in [3.05, 3.63) is 0 Å². The maximum Gasteiger partial charge on any atom is 0.163 e. The Balaban J connectivity index is 1.39. The smallest absolute Gasteiger partial charge is 0.163 e. The fourth-order valence-corrected chi connectivity index (χ4v) is 4.58. The second-order valence-corrected chi connectivity index (χ2v) is 9.90. The molecule has 4 atom stereocenters. The standard InChI is InChI=1S/C27H48O4/c1-4-5-6-7-8-9-10-11-12-13-14-15-16-17-18-19-20-21-23-25(28)26-24(30-23)22-29-27(2,3)31-26/h23-26,28H,4-18,21-22H2,1-3H3/t23-,24-,25+,26+/m0/s1. The van der Waals surface area contributed by atoms with Crippen LogP contribution < -0.4 is 0 Å².